The first-order valence-electron chi connectivity index (χ1n) is 11.3. The summed E-state index contributed by atoms with van der Waals surface area (Å²) in [5.41, 5.74) is 2.16. The van der Waals surface area contributed by atoms with Crippen LogP contribution in [0.2, 0.25) is 5.02 Å². The fraction of sp³-hybridized carbons (Fsp3) is 0.696. The zero-order chi connectivity index (χ0) is 21.3. The molecule has 4 rings (SSSR count). The topological polar surface area (TPSA) is 39.3 Å². The number of carbonyl (C=O) groups excluding carboxylic acids is 1. The summed E-state index contributed by atoms with van der Waals surface area (Å²) in [4.78, 5) is 21.7. The number of hydrogen-bond acceptors (Lipinski definition) is 5. The van der Waals surface area contributed by atoms with Crippen molar-refractivity contribution in [1.29, 1.82) is 0 Å². The highest BCUT2D eigenvalue weighted by Crippen LogP contribution is 2.31. The van der Waals surface area contributed by atoms with E-state index in [2.05, 4.69) is 26.8 Å². The minimum absolute atomic E-state index is 0.205. The molecular weight excluding hydrogens is 400 g/mol. The summed E-state index contributed by atoms with van der Waals surface area (Å²) in [5.74, 6) is 0. The quantitative estimate of drug-likeness (QED) is 0.725. The summed E-state index contributed by atoms with van der Waals surface area (Å²) in [5, 5.41) is 0.803. The summed E-state index contributed by atoms with van der Waals surface area (Å²) < 4.78 is 5.52. The number of anilines is 1. The van der Waals surface area contributed by atoms with Crippen LogP contribution in [0, 0.1) is 0 Å². The predicted octanol–water partition coefficient (Wildman–Crippen LogP) is 3.68. The van der Waals surface area contributed by atoms with Gasteiger partial charge >= 0.3 is 6.09 Å². The maximum absolute atomic E-state index is 12.3. The van der Waals surface area contributed by atoms with E-state index >= 15 is 0 Å². The molecule has 0 bridgehead atoms. The van der Waals surface area contributed by atoms with Crippen LogP contribution in [-0.2, 0) is 11.3 Å². The lowest BCUT2D eigenvalue weighted by molar-refractivity contribution is 0.0139. The Balaban J connectivity index is 1.38. The number of benzene rings is 1. The van der Waals surface area contributed by atoms with Gasteiger partial charge in [-0.15, -0.1) is 0 Å². The molecule has 7 heteroatoms. The average molecular weight is 435 g/mol. The third-order valence-corrected chi connectivity index (χ3v) is 6.63. The molecule has 0 radical (unpaired) electrons. The lowest BCUT2D eigenvalue weighted by atomic mass is 10.1. The minimum Gasteiger partial charge on any atom is -0.444 e. The number of piperazine rings is 2. The van der Waals surface area contributed by atoms with Crippen LogP contribution >= 0.6 is 11.6 Å². The first kappa shape index (κ1) is 21.7. The lowest BCUT2D eigenvalue weighted by Crippen LogP contribution is -2.51. The Hall–Kier alpha value is -1.50. The van der Waals surface area contributed by atoms with Crippen LogP contribution in [0.4, 0.5) is 10.5 Å². The second-order valence-electron chi connectivity index (χ2n) is 9.79. The Morgan fingerprint density at radius 1 is 1.10 bits per heavy atom. The Bertz CT molecular complexity index is 758. The number of halogens is 1. The molecular formula is C23H35ClN4O2. The molecule has 30 heavy (non-hydrogen) atoms. The summed E-state index contributed by atoms with van der Waals surface area (Å²) in [6.07, 6.45) is 2.42. The van der Waals surface area contributed by atoms with E-state index in [4.69, 9.17) is 16.3 Å². The standard InChI is InChI=1S/C23H35ClN4O2/c1-23(2,3)30-22(29)27-11-9-25(10-12-27)16-18-6-7-19(24)15-21(18)28-14-13-26-8-4-5-20(26)17-28/h6-7,15,20H,4-5,8-14,16-17H2,1-3H3. The molecule has 0 spiro atoms. The third kappa shape index (κ3) is 5.21. The molecule has 1 aromatic carbocycles. The molecule has 3 saturated heterocycles. The van der Waals surface area contributed by atoms with E-state index in [0.29, 0.717) is 19.1 Å². The average Bonchev–Trinajstić information content (AvgIpc) is 3.16. The second-order valence-corrected chi connectivity index (χ2v) is 10.2. The van der Waals surface area contributed by atoms with Crippen molar-refractivity contribution in [1.82, 2.24) is 14.7 Å². The third-order valence-electron chi connectivity index (χ3n) is 6.39. The van der Waals surface area contributed by atoms with Crippen molar-refractivity contribution in [3.05, 3.63) is 28.8 Å². The van der Waals surface area contributed by atoms with Crippen LogP contribution in [0.5, 0.6) is 0 Å². The Morgan fingerprint density at radius 2 is 1.87 bits per heavy atom. The zero-order valence-corrected chi connectivity index (χ0v) is 19.3. The van der Waals surface area contributed by atoms with Crippen molar-refractivity contribution < 1.29 is 9.53 Å². The summed E-state index contributed by atoms with van der Waals surface area (Å²) >= 11 is 6.39. The first-order valence-corrected chi connectivity index (χ1v) is 11.6. The van der Waals surface area contributed by atoms with Crippen molar-refractivity contribution in [2.45, 2.75) is 51.8 Å². The number of carbonyl (C=O) groups is 1. The van der Waals surface area contributed by atoms with Gasteiger partial charge in [-0.25, -0.2) is 4.79 Å². The van der Waals surface area contributed by atoms with Gasteiger partial charge in [-0.3, -0.25) is 9.80 Å². The molecule has 3 fully saturated rings. The maximum Gasteiger partial charge on any atom is 0.410 e. The van der Waals surface area contributed by atoms with Gasteiger partial charge in [0, 0.05) is 69.1 Å². The van der Waals surface area contributed by atoms with Crippen LogP contribution in [0.1, 0.15) is 39.2 Å². The molecule has 0 saturated carbocycles. The van der Waals surface area contributed by atoms with Crippen molar-refractivity contribution in [3.8, 4) is 0 Å². The predicted molar refractivity (Wildman–Crippen MR) is 121 cm³/mol. The van der Waals surface area contributed by atoms with E-state index in [1.807, 2.05) is 31.7 Å². The molecule has 1 aromatic rings. The van der Waals surface area contributed by atoms with Gasteiger partial charge in [0.1, 0.15) is 5.60 Å². The van der Waals surface area contributed by atoms with E-state index < -0.39 is 5.60 Å². The molecule has 166 valence electrons. The molecule has 1 atom stereocenters. The van der Waals surface area contributed by atoms with Crippen molar-refractivity contribution in [3.63, 3.8) is 0 Å². The van der Waals surface area contributed by atoms with Gasteiger partial charge in [-0.2, -0.15) is 0 Å². The normalized spacial score (nSPS) is 23.5. The second kappa shape index (κ2) is 8.93. The van der Waals surface area contributed by atoms with Gasteiger partial charge in [0.25, 0.3) is 0 Å². The van der Waals surface area contributed by atoms with Crippen LogP contribution in [0.15, 0.2) is 18.2 Å². The fourth-order valence-corrected chi connectivity index (χ4v) is 5.00. The Kier molecular flexibility index (Phi) is 6.47. The lowest BCUT2D eigenvalue weighted by Gasteiger charge is -2.40. The van der Waals surface area contributed by atoms with E-state index in [1.165, 1.54) is 30.6 Å². The molecule has 0 N–H and O–H groups in total. The highest BCUT2D eigenvalue weighted by atomic mass is 35.5. The van der Waals surface area contributed by atoms with Crippen molar-refractivity contribution >= 4 is 23.4 Å². The van der Waals surface area contributed by atoms with Crippen molar-refractivity contribution in [2.24, 2.45) is 0 Å². The molecule has 1 unspecified atom stereocenters. The number of nitrogens with zero attached hydrogens (tertiary/aromatic N) is 4. The summed E-state index contributed by atoms with van der Waals surface area (Å²) in [7, 11) is 0. The van der Waals surface area contributed by atoms with Crippen LogP contribution in [0.25, 0.3) is 0 Å². The minimum atomic E-state index is -0.449. The van der Waals surface area contributed by atoms with E-state index in [-0.39, 0.29) is 6.09 Å². The SMILES string of the molecule is CC(C)(C)OC(=O)N1CCN(Cc2ccc(Cl)cc2N2CCN3CCCC3C2)CC1. The molecule has 0 aliphatic carbocycles. The molecule has 3 heterocycles. The van der Waals surface area contributed by atoms with Crippen LogP contribution < -0.4 is 4.90 Å². The zero-order valence-electron chi connectivity index (χ0n) is 18.6. The maximum atomic E-state index is 12.3. The smallest absolute Gasteiger partial charge is 0.410 e. The summed E-state index contributed by atoms with van der Waals surface area (Å²) in [6, 6.07) is 7.00. The molecule has 6 nitrogen and oxygen atoms in total. The van der Waals surface area contributed by atoms with Gasteiger partial charge in [-0.05, 0) is 57.9 Å². The molecule has 3 aliphatic heterocycles. The van der Waals surface area contributed by atoms with E-state index in [9.17, 15) is 4.79 Å². The van der Waals surface area contributed by atoms with Crippen LogP contribution in [0.3, 0.4) is 0 Å². The van der Waals surface area contributed by atoms with Gasteiger partial charge in [0.05, 0.1) is 0 Å². The van der Waals surface area contributed by atoms with Gasteiger partial charge in [-0.1, -0.05) is 17.7 Å². The first-order chi connectivity index (χ1) is 14.3. The highest BCUT2D eigenvalue weighted by Gasteiger charge is 2.32. The van der Waals surface area contributed by atoms with Gasteiger partial charge in [0.2, 0.25) is 0 Å². The van der Waals surface area contributed by atoms with Crippen LogP contribution in [-0.4, -0.2) is 84.8 Å². The van der Waals surface area contributed by atoms with Gasteiger partial charge in [0.15, 0.2) is 0 Å². The number of ether oxygens (including phenoxy) is 1. The number of amides is 1. The molecule has 1 amide bonds. The van der Waals surface area contributed by atoms with Gasteiger partial charge < -0.3 is 14.5 Å². The Morgan fingerprint density at radius 3 is 2.60 bits per heavy atom. The van der Waals surface area contributed by atoms with Crippen molar-refractivity contribution in [2.75, 3.05) is 57.3 Å². The Labute approximate surface area is 185 Å². The monoisotopic (exact) mass is 434 g/mol. The molecule has 3 aliphatic rings. The number of rotatable bonds is 3. The molecule has 0 aromatic heterocycles. The summed E-state index contributed by atoms with van der Waals surface area (Å²) in [6.45, 7) is 14.3. The highest BCUT2D eigenvalue weighted by molar-refractivity contribution is 6.30. The van der Waals surface area contributed by atoms with E-state index in [1.54, 1.807) is 0 Å². The number of hydrogen-bond donors (Lipinski definition) is 0. The fourth-order valence-electron chi connectivity index (χ4n) is 4.83. The number of fused-ring (bicyclic) bond motifs is 1. The van der Waals surface area contributed by atoms with E-state index in [0.717, 1.165) is 44.3 Å². The largest absolute Gasteiger partial charge is 0.444 e.